The van der Waals surface area contributed by atoms with Crippen molar-refractivity contribution in [1.29, 1.82) is 0 Å². The molecule has 5 rings (SSSR count). The number of hydrogen-bond donors (Lipinski definition) is 2. The van der Waals surface area contributed by atoms with Crippen LogP contribution in [0.3, 0.4) is 0 Å². The van der Waals surface area contributed by atoms with Crippen LogP contribution in [0.15, 0.2) is 72.9 Å². The SMILES string of the molecule is Cc1cc([C@@H]2[C@@H](c3ccccn3)NC(=S)N2c2ccc(NS(C)(=O)=O)cc2)c(C)n1-c1cccc(Cl)c1Cl. The van der Waals surface area contributed by atoms with E-state index in [1.807, 2.05) is 61.2 Å². The third-order valence-electron chi connectivity index (χ3n) is 6.51. The average molecular weight is 587 g/mol. The summed E-state index contributed by atoms with van der Waals surface area (Å²) in [5.41, 5.74) is 5.96. The highest BCUT2D eigenvalue weighted by Gasteiger charge is 2.42. The van der Waals surface area contributed by atoms with E-state index in [9.17, 15) is 8.42 Å². The van der Waals surface area contributed by atoms with Crippen molar-refractivity contribution >= 4 is 61.9 Å². The van der Waals surface area contributed by atoms with Crippen molar-refractivity contribution in [3.63, 3.8) is 0 Å². The van der Waals surface area contributed by atoms with Crippen molar-refractivity contribution in [3.8, 4) is 5.69 Å². The maximum Gasteiger partial charge on any atom is 0.229 e. The number of sulfonamides is 1. The van der Waals surface area contributed by atoms with Crippen LogP contribution in [0.1, 0.15) is 34.7 Å². The molecule has 38 heavy (non-hydrogen) atoms. The van der Waals surface area contributed by atoms with Crippen LogP contribution in [0.25, 0.3) is 5.69 Å². The molecular formula is C27H25Cl2N5O2S2. The number of rotatable bonds is 6. The summed E-state index contributed by atoms with van der Waals surface area (Å²) >= 11 is 18.8. The first-order chi connectivity index (χ1) is 18.0. The zero-order valence-corrected chi connectivity index (χ0v) is 24.0. The lowest BCUT2D eigenvalue weighted by Crippen LogP contribution is -2.29. The Hall–Kier alpha value is -3.11. The number of nitrogens with zero attached hydrogens (tertiary/aromatic N) is 3. The number of thiocarbonyl (C=S) groups is 1. The van der Waals surface area contributed by atoms with Gasteiger partial charge in [-0.15, -0.1) is 0 Å². The van der Waals surface area contributed by atoms with Gasteiger partial charge in [-0.2, -0.15) is 0 Å². The largest absolute Gasteiger partial charge is 0.351 e. The molecule has 0 unspecified atom stereocenters. The third-order valence-corrected chi connectivity index (χ3v) is 8.24. The van der Waals surface area contributed by atoms with Gasteiger partial charge in [0.05, 0.1) is 39.8 Å². The normalized spacial score (nSPS) is 17.5. The summed E-state index contributed by atoms with van der Waals surface area (Å²) < 4.78 is 28.0. The number of hydrogen-bond acceptors (Lipinski definition) is 4. The number of pyridine rings is 1. The first-order valence-electron chi connectivity index (χ1n) is 11.8. The molecule has 1 aliphatic heterocycles. The molecule has 2 aromatic carbocycles. The van der Waals surface area contributed by atoms with Crippen molar-refractivity contribution in [2.45, 2.75) is 25.9 Å². The van der Waals surface area contributed by atoms with Crippen molar-refractivity contribution in [1.82, 2.24) is 14.9 Å². The van der Waals surface area contributed by atoms with E-state index in [0.29, 0.717) is 20.8 Å². The van der Waals surface area contributed by atoms with Crippen LogP contribution in [0.2, 0.25) is 10.0 Å². The van der Waals surface area contributed by atoms with Crippen LogP contribution in [-0.4, -0.2) is 29.3 Å². The predicted octanol–water partition coefficient (Wildman–Crippen LogP) is 6.34. The van der Waals surface area contributed by atoms with E-state index in [1.54, 1.807) is 24.4 Å². The molecule has 1 saturated heterocycles. The first-order valence-corrected chi connectivity index (χ1v) is 14.8. The Labute approximate surface area is 237 Å². The van der Waals surface area contributed by atoms with Crippen LogP contribution in [-0.2, 0) is 10.0 Å². The minimum atomic E-state index is -3.39. The van der Waals surface area contributed by atoms with E-state index < -0.39 is 10.0 Å². The molecule has 0 bridgehead atoms. The molecule has 0 radical (unpaired) electrons. The first kappa shape index (κ1) is 26.5. The summed E-state index contributed by atoms with van der Waals surface area (Å²) in [6.45, 7) is 4.08. The van der Waals surface area contributed by atoms with Gasteiger partial charge in [-0.25, -0.2) is 8.42 Å². The lowest BCUT2D eigenvalue weighted by Gasteiger charge is -2.28. The Bertz CT molecular complexity index is 1620. The monoisotopic (exact) mass is 585 g/mol. The summed E-state index contributed by atoms with van der Waals surface area (Å²) in [6.07, 6.45) is 2.89. The molecule has 2 aromatic heterocycles. The maximum atomic E-state index is 11.7. The Kier molecular flexibility index (Phi) is 7.13. The Morgan fingerprint density at radius 1 is 1.03 bits per heavy atom. The van der Waals surface area contributed by atoms with Crippen LogP contribution < -0.4 is 14.9 Å². The van der Waals surface area contributed by atoms with E-state index in [1.165, 1.54) is 0 Å². The summed E-state index contributed by atoms with van der Waals surface area (Å²) in [7, 11) is -3.39. The highest BCUT2D eigenvalue weighted by atomic mass is 35.5. The van der Waals surface area contributed by atoms with E-state index in [2.05, 4.69) is 25.7 Å². The predicted molar refractivity (Wildman–Crippen MR) is 158 cm³/mol. The van der Waals surface area contributed by atoms with Gasteiger partial charge in [0.15, 0.2) is 5.11 Å². The molecule has 7 nitrogen and oxygen atoms in total. The third kappa shape index (κ3) is 4.99. The Morgan fingerprint density at radius 3 is 2.42 bits per heavy atom. The standard InChI is InChI=1S/C27H25Cl2N5O2S2/c1-16-15-20(17(2)33(16)23-9-6-7-21(28)24(23)29)26-25(22-8-4-5-14-30-22)31-27(37)34(26)19-12-10-18(11-13-19)32-38(3,35)36/h4-15,25-26,32H,1-3H3,(H,31,37)/t25-,26-/m1/s1. The van der Waals surface area contributed by atoms with Gasteiger partial charge in [-0.05, 0) is 86.2 Å². The molecule has 0 aliphatic carbocycles. The Balaban J connectivity index is 1.65. The van der Waals surface area contributed by atoms with Gasteiger partial charge in [0.25, 0.3) is 0 Å². The molecule has 1 aliphatic rings. The number of nitrogens with one attached hydrogen (secondary N) is 2. The average Bonchev–Trinajstić information content (AvgIpc) is 3.36. The second kappa shape index (κ2) is 10.2. The van der Waals surface area contributed by atoms with E-state index in [4.69, 9.17) is 35.4 Å². The fraction of sp³-hybridized carbons (Fsp3) is 0.185. The van der Waals surface area contributed by atoms with Crippen molar-refractivity contribution in [2.24, 2.45) is 0 Å². The number of anilines is 2. The van der Waals surface area contributed by atoms with Gasteiger partial charge in [0.1, 0.15) is 0 Å². The fourth-order valence-corrected chi connectivity index (χ4v) is 6.27. The Morgan fingerprint density at radius 2 is 1.76 bits per heavy atom. The molecule has 0 amide bonds. The number of aryl methyl sites for hydroxylation is 1. The smallest absolute Gasteiger partial charge is 0.229 e. The molecule has 11 heteroatoms. The van der Waals surface area contributed by atoms with E-state index in [0.717, 1.165) is 40.3 Å². The number of aromatic nitrogens is 2. The summed E-state index contributed by atoms with van der Waals surface area (Å²) in [4.78, 5) is 6.67. The topological polar surface area (TPSA) is 79.3 Å². The lowest BCUT2D eigenvalue weighted by molar-refractivity contribution is 0.565. The molecule has 4 aromatic rings. The second-order valence-electron chi connectivity index (χ2n) is 9.15. The summed E-state index contributed by atoms with van der Waals surface area (Å²) in [6, 6.07) is 20.2. The van der Waals surface area contributed by atoms with Gasteiger partial charge in [-0.1, -0.05) is 35.3 Å². The van der Waals surface area contributed by atoms with Crippen LogP contribution in [0.4, 0.5) is 11.4 Å². The number of halogens is 2. The maximum absolute atomic E-state index is 11.7. The molecule has 196 valence electrons. The summed E-state index contributed by atoms with van der Waals surface area (Å²) in [5.74, 6) is 0. The van der Waals surface area contributed by atoms with E-state index >= 15 is 0 Å². The van der Waals surface area contributed by atoms with Crippen molar-refractivity contribution in [3.05, 3.63) is 106 Å². The molecule has 2 atom stereocenters. The van der Waals surface area contributed by atoms with Gasteiger partial charge in [-0.3, -0.25) is 9.71 Å². The minimum Gasteiger partial charge on any atom is -0.351 e. The highest BCUT2D eigenvalue weighted by molar-refractivity contribution is 7.92. The second-order valence-corrected chi connectivity index (χ2v) is 12.1. The zero-order valence-electron chi connectivity index (χ0n) is 20.8. The van der Waals surface area contributed by atoms with Crippen molar-refractivity contribution < 1.29 is 8.42 Å². The van der Waals surface area contributed by atoms with Crippen LogP contribution in [0, 0.1) is 13.8 Å². The lowest BCUT2D eigenvalue weighted by atomic mass is 9.96. The van der Waals surface area contributed by atoms with Crippen LogP contribution >= 0.6 is 35.4 Å². The van der Waals surface area contributed by atoms with Gasteiger partial charge in [0, 0.05) is 29.0 Å². The van der Waals surface area contributed by atoms with Gasteiger partial charge < -0.3 is 14.8 Å². The van der Waals surface area contributed by atoms with Crippen molar-refractivity contribution in [2.75, 3.05) is 15.9 Å². The zero-order chi connectivity index (χ0) is 27.2. The highest BCUT2D eigenvalue weighted by Crippen LogP contribution is 2.44. The van der Waals surface area contributed by atoms with Crippen LogP contribution in [0.5, 0.6) is 0 Å². The quantitative estimate of drug-likeness (QED) is 0.257. The molecule has 1 fully saturated rings. The minimum absolute atomic E-state index is 0.235. The number of benzene rings is 2. The molecule has 0 spiro atoms. The molecule has 3 heterocycles. The van der Waals surface area contributed by atoms with Gasteiger partial charge >= 0.3 is 0 Å². The fourth-order valence-electron chi connectivity index (χ4n) is 4.98. The molecule has 2 N–H and O–H groups in total. The molecule has 0 saturated carbocycles. The van der Waals surface area contributed by atoms with Gasteiger partial charge in [0.2, 0.25) is 10.0 Å². The molecular weight excluding hydrogens is 561 g/mol. The van der Waals surface area contributed by atoms with E-state index in [-0.39, 0.29) is 12.1 Å². The summed E-state index contributed by atoms with van der Waals surface area (Å²) in [5, 5.41) is 4.97.